The van der Waals surface area contributed by atoms with Crippen LogP contribution in [0.4, 0.5) is 0 Å². The van der Waals surface area contributed by atoms with E-state index in [0.29, 0.717) is 38.2 Å². The molecule has 0 unspecified atom stereocenters. The van der Waals surface area contributed by atoms with Crippen molar-refractivity contribution in [1.82, 2.24) is 21.3 Å². The summed E-state index contributed by atoms with van der Waals surface area (Å²) in [4.78, 5) is 50.8. The van der Waals surface area contributed by atoms with Crippen molar-refractivity contribution >= 4 is 42.1 Å². The summed E-state index contributed by atoms with van der Waals surface area (Å²) in [5, 5.41) is 27.8. The molecule has 46 heavy (non-hydrogen) atoms. The van der Waals surface area contributed by atoms with Gasteiger partial charge in [-0.25, -0.2) is 4.79 Å². The second-order valence-corrected chi connectivity index (χ2v) is 10.7. The van der Waals surface area contributed by atoms with E-state index in [1.165, 1.54) is 6.92 Å². The van der Waals surface area contributed by atoms with Crippen LogP contribution in [0.2, 0.25) is 0 Å². The molecule has 0 aliphatic carbocycles. The molecule has 0 radical (unpaired) electrons. The molecule has 0 spiro atoms. The molecule has 0 saturated carbocycles. The van der Waals surface area contributed by atoms with Crippen LogP contribution in [0.1, 0.15) is 56.6 Å². The highest BCUT2D eigenvalue weighted by molar-refractivity contribution is 5.93. The number of guanidine groups is 1. The molecule has 12 nitrogen and oxygen atoms in total. The lowest BCUT2D eigenvalue weighted by Gasteiger charge is -2.24. The van der Waals surface area contributed by atoms with Gasteiger partial charge in [-0.15, -0.1) is 12.4 Å². The fourth-order valence-electron chi connectivity index (χ4n) is 4.66. The molecule has 0 aliphatic heterocycles. The number of aliphatic carboxylic acids is 1. The Hall–Kier alpha value is -4.58. The van der Waals surface area contributed by atoms with Gasteiger partial charge in [0.15, 0.2) is 5.96 Å². The van der Waals surface area contributed by atoms with Crippen molar-refractivity contribution in [2.75, 3.05) is 13.2 Å². The van der Waals surface area contributed by atoms with Gasteiger partial charge in [-0.1, -0.05) is 61.5 Å². The zero-order chi connectivity index (χ0) is 33.0. The zero-order valence-electron chi connectivity index (χ0n) is 26.3. The normalized spacial score (nSPS) is 12.3. The quantitative estimate of drug-likeness (QED) is 0.0460. The maximum absolute atomic E-state index is 13.4. The molecule has 2 aromatic carbocycles. The van der Waals surface area contributed by atoms with E-state index in [1.807, 2.05) is 30.3 Å². The first-order valence-electron chi connectivity index (χ1n) is 15.1. The van der Waals surface area contributed by atoms with Gasteiger partial charge in [0.1, 0.15) is 30.5 Å². The summed E-state index contributed by atoms with van der Waals surface area (Å²) in [6, 6.07) is 13.8. The first-order valence-corrected chi connectivity index (χ1v) is 15.1. The maximum Gasteiger partial charge on any atom is 0.326 e. The Morgan fingerprint density at radius 1 is 0.870 bits per heavy atom. The third-order valence-corrected chi connectivity index (χ3v) is 6.96. The molecule has 0 saturated heterocycles. The smallest absolute Gasteiger partial charge is 0.326 e. The van der Waals surface area contributed by atoms with Gasteiger partial charge in [0.25, 0.3) is 0 Å². The minimum Gasteiger partial charge on any atom is -0.490 e. The van der Waals surface area contributed by atoms with Gasteiger partial charge in [-0.3, -0.25) is 19.8 Å². The number of carbonyl (C=O) groups excluding carboxylic acids is 3. The van der Waals surface area contributed by atoms with Gasteiger partial charge in [0.05, 0.1) is 0 Å². The fourth-order valence-corrected chi connectivity index (χ4v) is 4.66. The maximum atomic E-state index is 13.4. The van der Waals surface area contributed by atoms with Crippen molar-refractivity contribution in [3.05, 3.63) is 78.4 Å². The Labute approximate surface area is 276 Å². The van der Waals surface area contributed by atoms with Crippen LogP contribution in [-0.4, -0.2) is 66.0 Å². The van der Waals surface area contributed by atoms with Gasteiger partial charge in [0, 0.05) is 19.9 Å². The third kappa shape index (κ3) is 15.9. The van der Waals surface area contributed by atoms with Gasteiger partial charge >= 0.3 is 5.97 Å². The Kier molecular flexibility index (Phi) is 18.9. The molecule has 8 N–H and O–H groups in total. The number of hydrogen-bond acceptors (Lipinski definition) is 6. The number of ether oxygens (including phenoxy) is 1. The SMILES string of the molecule is C=CCOc1ccc(C[C@H](NC(C)=O)C(=O)N[C@@H](CCCCNC(=N)N)C(=O)N[C@@H](CCCCc2ccccc2)C(=O)O)cc1.Cl. The fraction of sp³-hybridized carbons (Fsp3) is 0.424. The summed E-state index contributed by atoms with van der Waals surface area (Å²) in [5.41, 5.74) is 7.24. The van der Waals surface area contributed by atoms with Crippen LogP contribution < -0.4 is 31.7 Å². The molecule has 3 amide bonds. The van der Waals surface area contributed by atoms with Gasteiger partial charge in [-0.2, -0.15) is 0 Å². The number of amides is 3. The highest BCUT2D eigenvalue weighted by Crippen LogP contribution is 2.14. The van der Waals surface area contributed by atoms with Crippen LogP contribution in [0.15, 0.2) is 67.3 Å². The van der Waals surface area contributed by atoms with Crippen molar-refractivity contribution in [2.45, 2.75) is 76.4 Å². The van der Waals surface area contributed by atoms with E-state index in [0.717, 1.165) is 24.0 Å². The molecule has 0 aromatic heterocycles. The second kappa shape index (κ2) is 22.0. The van der Waals surface area contributed by atoms with Gasteiger partial charge < -0.3 is 36.8 Å². The van der Waals surface area contributed by atoms with Crippen molar-refractivity contribution < 1.29 is 29.0 Å². The lowest BCUT2D eigenvalue weighted by Crippen LogP contribution is -2.56. The molecular weight excluding hydrogens is 612 g/mol. The van der Waals surface area contributed by atoms with E-state index in [2.05, 4.69) is 27.8 Å². The molecule has 0 fully saturated rings. The number of carbonyl (C=O) groups is 4. The number of nitrogens with one attached hydrogen (secondary N) is 5. The molecule has 0 aliphatic rings. The van der Waals surface area contributed by atoms with E-state index in [-0.39, 0.29) is 37.6 Å². The average Bonchev–Trinajstić information content (AvgIpc) is 3.00. The van der Waals surface area contributed by atoms with E-state index in [4.69, 9.17) is 15.9 Å². The molecule has 13 heteroatoms. The number of nitrogens with two attached hydrogens (primary N) is 1. The van der Waals surface area contributed by atoms with Crippen molar-refractivity contribution in [2.24, 2.45) is 5.73 Å². The zero-order valence-corrected chi connectivity index (χ0v) is 27.1. The summed E-state index contributed by atoms with van der Waals surface area (Å²) < 4.78 is 5.50. The second-order valence-electron chi connectivity index (χ2n) is 10.7. The topological polar surface area (TPSA) is 196 Å². The molecule has 2 aromatic rings. The van der Waals surface area contributed by atoms with Crippen LogP contribution in [-0.2, 0) is 32.0 Å². The van der Waals surface area contributed by atoms with Crippen molar-refractivity contribution in [1.29, 1.82) is 5.41 Å². The largest absolute Gasteiger partial charge is 0.490 e. The number of aryl methyl sites for hydroxylation is 1. The first kappa shape index (κ1) is 39.4. The van der Waals surface area contributed by atoms with Crippen LogP contribution in [0.5, 0.6) is 5.75 Å². The van der Waals surface area contributed by atoms with E-state index >= 15 is 0 Å². The molecule has 2 rings (SSSR count). The van der Waals surface area contributed by atoms with Crippen LogP contribution in [0.25, 0.3) is 0 Å². The summed E-state index contributed by atoms with van der Waals surface area (Å²) in [6.45, 7) is 5.67. The van der Waals surface area contributed by atoms with Gasteiger partial charge in [0.2, 0.25) is 17.7 Å². The minimum atomic E-state index is -1.16. The van der Waals surface area contributed by atoms with Crippen molar-refractivity contribution in [3.8, 4) is 5.75 Å². The highest BCUT2D eigenvalue weighted by Gasteiger charge is 2.29. The van der Waals surface area contributed by atoms with E-state index in [1.54, 1.807) is 30.3 Å². The number of halogens is 1. The standard InChI is InChI=1S/C33H46N6O6.ClH/c1-3-21-45-26-18-16-25(17-19-26)22-29(37-23(2)40)31(42)38-27(14-9-10-20-36-33(34)35)30(41)39-28(32(43)44)15-8-7-13-24-11-5-4-6-12-24;/h3-6,11-12,16-19,27-29H,1,7-10,13-15,20-22H2,2H3,(H,37,40)(H,38,42)(H,39,41)(H,43,44)(H4,34,35,36);1H/t27-,28-,29-;/m0./s1. The first-order chi connectivity index (χ1) is 21.6. The molecular formula is C33H47ClN6O6. The summed E-state index contributed by atoms with van der Waals surface area (Å²) >= 11 is 0. The number of rotatable bonds is 21. The van der Waals surface area contributed by atoms with Gasteiger partial charge in [-0.05, 0) is 61.8 Å². The predicted molar refractivity (Wildman–Crippen MR) is 180 cm³/mol. The summed E-state index contributed by atoms with van der Waals surface area (Å²) in [7, 11) is 0. The Balaban J connectivity index is 0.0000106. The number of benzene rings is 2. The van der Waals surface area contributed by atoms with E-state index in [9.17, 15) is 24.3 Å². The lowest BCUT2D eigenvalue weighted by molar-refractivity contribution is -0.142. The number of hydrogen-bond donors (Lipinski definition) is 7. The average molecular weight is 659 g/mol. The van der Waals surface area contributed by atoms with Crippen LogP contribution >= 0.6 is 12.4 Å². The lowest BCUT2D eigenvalue weighted by atomic mass is 10.0. The minimum absolute atomic E-state index is 0. The molecule has 3 atom stereocenters. The summed E-state index contributed by atoms with van der Waals surface area (Å²) in [5.74, 6) is -2.32. The monoisotopic (exact) mass is 658 g/mol. The predicted octanol–water partition coefficient (Wildman–Crippen LogP) is 2.84. The Morgan fingerprint density at radius 3 is 2.09 bits per heavy atom. The van der Waals surface area contributed by atoms with E-state index < -0.39 is 41.8 Å². The van der Waals surface area contributed by atoms with Crippen LogP contribution in [0.3, 0.4) is 0 Å². The Morgan fingerprint density at radius 2 is 1.48 bits per heavy atom. The molecule has 0 bridgehead atoms. The third-order valence-electron chi connectivity index (χ3n) is 6.96. The number of carboxylic acid groups (broad SMARTS) is 1. The molecule has 0 heterocycles. The molecule has 252 valence electrons. The number of carboxylic acids is 1. The highest BCUT2D eigenvalue weighted by atomic mass is 35.5. The summed E-state index contributed by atoms with van der Waals surface area (Å²) in [6.07, 6.45) is 5.39. The van der Waals surface area contributed by atoms with Crippen LogP contribution in [0, 0.1) is 5.41 Å². The van der Waals surface area contributed by atoms with Crippen molar-refractivity contribution in [3.63, 3.8) is 0 Å². The number of unbranched alkanes of at least 4 members (excludes halogenated alkanes) is 2. The Bertz CT molecular complexity index is 1260.